The van der Waals surface area contributed by atoms with Crippen molar-refractivity contribution in [3.05, 3.63) is 71.8 Å². The van der Waals surface area contributed by atoms with Crippen molar-refractivity contribution in [2.24, 2.45) is 24.6 Å². The van der Waals surface area contributed by atoms with Gasteiger partial charge in [-0.1, -0.05) is 36.4 Å². The molecule has 2 bridgehead atoms. The maximum atomic E-state index is 13.8. The van der Waals surface area contributed by atoms with Gasteiger partial charge in [-0.2, -0.15) is 0 Å². The Morgan fingerprint density at radius 2 is 1.78 bits per heavy atom. The molecule has 0 spiro atoms. The predicted molar refractivity (Wildman–Crippen MR) is 178 cm³/mol. The third-order valence-corrected chi connectivity index (χ3v) is 10.3. The zero-order valence-corrected chi connectivity index (χ0v) is 26.5. The van der Waals surface area contributed by atoms with E-state index in [1.165, 1.54) is 12.8 Å². The van der Waals surface area contributed by atoms with Crippen molar-refractivity contribution >= 4 is 33.8 Å². The third-order valence-electron chi connectivity index (χ3n) is 10.3. The van der Waals surface area contributed by atoms with Crippen LogP contribution in [0.2, 0.25) is 0 Å². The Morgan fingerprint density at radius 1 is 0.978 bits per heavy atom. The second-order valence-corrected chi connectivity index (χ2v) is 13.1. The molecule has 2 aliphatic carbocycles. The summed E-state index contributed by atoms with van der Waals surface area (Å²) in [6.45, 7) is 3.70. The molecule has 236 valence electrons. The lowest BCUT2D eigenvalue weighted by atomic mass is 9.98. The molecule has 9 heteroatoms. The molecular weight excluding hydrogens is 578 g/mol. The van der Waals surface area contributed by atoms with Crippen LogP contribution < -0.4 is 10.5 Å². The molecule has 5 aromatic rings. The van der Waals surface area contributed by atoms with E-state index >= 15 is 0 Å². The standard InChI is InChI=1S/C37H39N5O4/c1-4-46-37(44)27-10-6-5-9-25(27)26-11-7-8-22-17-30(41(33(22)26)19-21-12-13-21)35-39-28-16-24(18-31(45-3)34(28)40(35)2)36(43)42-20-23-14-15-29(42)32(23)38/h5-11,16-18,21,23,29,32H,4,12-15,19-20,38H2,1-3H3/t23-,29-,32-/m1/s1. The first-order valence-electron chi connectivity index (χ1n) is 16.4. The number of benzene rings is 3. The molecular formula is C37H39N5O4. The number of nitrogens with two attached hydrogens (primary N) is 1. The first kappa shape index (κ1) is 28.8. The van der Waals surface area contributed by atoms with Gasteiger partial charge < -0.3 is 29.2 Å². The summed E-state index contributed by atoms with van der Waals surface area (Å²) in [6.07, 6.45) is 4.42. The molecule has 3 aromatic carbocycles. The lowest BCUT2D eigenvalue weighted by Gasteiger charge is -2.27. The topological polar surface area (TPSA) is 105 Å². The smallest absolute Gasteiger partial charge is 0.338 e. The molecule has 3 heterocycles. The number of carbonyl (C=O) groups excluding carboxylic acids is 2. The molecule has 9 nitrogen and oxygen atoms in total. The van der Waals surface area contributed by atoms with Gasteiger partial charge in [0.1, 0.15) is 11.3 Å². The molecule has 1 aliphatic heterocycles. The molecule has 3 fully saturated rings. The lowest BCUT2D eigenvalue weighted by molar-refractivity contribution is 0.0527. The summed E-state index contributed by atoms with van der Waals surface area (Å²) in [4.78, 5) is 33.9. The average Bonchev–Trinajstić information content (AvgIpc) is 3.46. The Balaban J connectivity index is 1.28. The number of rotatable bonds is 8. The van der Waals surface area contributed by atoms with E-state index in [2.05, 4.69) is 27.3 Å². The highest BCUT2D eigenvalue weighted by atomic mass is 16.5. The van der Waals surface area contributed by atoms with Gasteiger partial charge in [-0.25, -0.2) is 9.78 Å². The molecule has 2 saturated carbocycles. The van der Waals surface area contributed by atoms with Crippen LogP contribution in [0.3, 0.4) is 0 Å². The van der Waals surface area contributed by atoms with Crippen molar-refractivity contribution in [2.45, 2.75) is 51.2 Å². The first-order chi connectivity index (χ1) is 22.4. The summed E-state index contributed by atoms with van der Waals surface area (Å²) in [5, 5.41) is 1.07. The molecule has 8 rings (SSSR count). The average molecular weight is 618 g/mol. The number of imidazole rings is 1. The maximum absolute atomic E-state index is 13.8. The van der Waals surface area contributed by atoms with Crippen LogP contribution in [0.4, 0.5) is 0 Å². The minimum Gasteiger partial charge on any atom is -0.494 e. The van der Waals surface area contributed by atoms with Crippen molar-refractivity contribution in [1.82, 2.24) is 19.0 Å². The number of aryl methyl sites for hydroxylation is 1. The SMILES string of the molecule is CCOC(=O)c1ccccc1-c1cccc2cc(-c3nc4cc(C(=O)N5C[C@H]6CC[C@@H]5[C@@H]6N)cc(OC)c4n3C)n(CC3CC3)c12. The van der Waals surface area contributed by atoms with E-state index in [0.717, 1.165) is 58.5 Å². The van der Waals surface area contributed by atoms with Gasteiger partial charge in [0, 0.05) is 48.7 Å². The number of aromatic nitrogens is 3. The van der Waals surface area contributed by atoms with E-state index in [-0.39, 0.29) is 24.0 Å². The van der Waals surface area contributed by atoms with Crippen LogP contribution in [0.25, 0.3) is 44.6 Å². The first-order valence-corrected chi connectivity index (χ1v) is 16.4. The van der Waals surface area contributed by atoms with E-state index in [0.29, 0.717) is 47.4 Å². The Labute approximate surface area is 267 Å². The van der Waals surface area contributed by atoms with Crippen LogP contribution in [0, 0.1) is 11.8 Å². The summed E-state index contributed by atoms with van der Waals surface area (Å²) >= 11 is 0. The fourth-order valence-electron chi connectivity index (χ4n) is 7.85. The third kappa shape index (κ3) is 4.51. The highest BCUT2D eigenvalue weighted by Crippen LogP contribution is 2.42. The van der Waals surface area contributed by atoms with E-state index < -0.39 is 0 Å². The molecule has 3 aliphatic rings. The number of piperidine rings is 1. The molecule has 1 saturated heterocycles. The van der Waals surface area contributed by atoms with Gasteiger partial charge in [0.15, 0.2) is 5.82 Å². The van der Waals surface area contributed by atoms with Crippen molar-refractivity contribution in [3.8, 4) is 28.4 Å². The normalized spacial score (nSPS) is 20.6. The van der Waals surface area contributed by atoms with Crippen LogP contribution in [0.15, 0.2) is 60.7 Å². The molecule has 3 atom stereocenters. The molecule has 2 aromatic heterocycles. The van der Waals surface area contributed by atoms with Gasteiger partial charge in [0.25, 0.3) is 5.91 Å². The number of fused-ring (bicyclic) bond motifs is 4. The molecule has 2 N–H and O–H groups in total. The Bertz CT molecular complexity index is 2020. The highest BCUT2D eigenvalue weighted by molar-refractivity contribution is 6.05. The van der Waals surface area contributed by atoms with Gasteiger partial charge in [-0.15, -0.1) is 0 Å². The quantitative estimate of drug-likeness (QED) is 0.214. The lowest BCUT2D eigenvalue weighted by Crippen LogP contribution is -2.41. The van der Waals surface area contributed by atoms with Crippen LogP contribution in [0.5, 0.6) is 5.75 Å². The summed E-state index contributed by atoms with van der Waals surface area (Å²) in [7, 11) is 3.64. The number of likely N-dealkylation sites (tertiary alicyclic amines) is 1. The van der Waals surface area contributed by atoms with Gasteiger partial charge in [0.2, 0.25) is 0 Å². The zero-order valence-electron chi connectivity index (χ0n) is 26.5. The second-order valence-electron chi connectivity index (χ2n) is 13.1. The van der Waals surface area contributed by atoms with Crippen molar-refractivity contribution in [2.75, 3.05) is 20.3 Å². The summed E-state index contributed by atoms with van der Waals surface area (Å²) in [5.41, 5.74) is 13.0. The number of hydrogen-bond donors (Lipinski definition) is 1. The molecule has 1 amide bonds. The minimum atomic E-state index is -0.327. The van der Waals surface area contributed by atoms with Gasteiger partial charge in [0.05, 0.1) is 36.0 Å². The van der Waals surface area contributed by atoms with E-state index in [1.807, 2.05) is 61.3 Å². The molecule has 0 radical (unpaired) electrons. The summed E-state index contributed by atoms with van der Waals surface area (Å²) in [5.74, 6) is 2.03. The number of methoxy groups -OCH3 is 1. The van der Waals surface area contributed by atoms with Gasteiger partial charge >= 0.3 is 5.97 Å². The Hall–Kier alpha value is -4.63. The fourth-order valence-corrected chi connectivity index (χ4v) is 7.85. The fraction of sp³-hybridized carbons (Fsp3) is 0.378. The van der Waals surface area contributed by atoms with Crippen LogP contribution in [0.1, 0.15) is 53.3 Å². The van der Waals surface area contributed by atoms with Crippen molar-refractivity contribution < 1.29 is 19.1 Å². The van der Waals surface area contributed by atoms with Crippen LogP contribution in [-0.2, 0) is 18.3 Å². The zero-order chi connectivity index (χ0) is 31.7. The molecule has 0 unspecified atom stereocenters. The van der Waals surface area contributed by atoms with E-state index in [1.54, 1.807) is 7.11 Å². The number of carbonyl (C=O) groups is 2. The van der Waals surface area contributed by atoms with Crippen molar-refractivity contribution in [3.63, 3.8) is 0 Å². The van der Waals surface area contributed by atoms with Crippen molar-refractivity contribution in [1.29, 1.82) is 0 Å². The van der Waals surface area contributed by atoms with Crippen LogP contribution >= 0.6 is 0 Å². The van der Waals surface area contributed by atoms with Crippen LogP contribution in [-0.4, -0.2) is 63.2 Å². The highest BCUT2D eigenvalue weighted by Gasteiger charge is 2.47. The number of esters is 1. The summed E-state index contributed by atoms with van der Waals surface area (Å²) < 4.78 is 15.7. The maximum Gasteiger partial charge on any atom is 0.338 e. The predicted octanol–water partition coefficient (Wildman–Crippen LogP) is 6.02. The number of amides is 1. The molecule has 46 heavy (non-hydrogen) atoms. The summed E-state index contributed by atoms with van der Waals surface area (Å²) in [6, 6.07) is 20.0. The van der Waals surface area contributed by atoms with E-state index in [4.69, 9.17) is 20.2 Å². The van der Waals surface area contributed by atoms with Gasteiger partial charge in [-0.05, 0) is 74.3 Å². The Kier molecular flexibility index (Phi) is 6.90. The second kappa shape index (κ2) is 11.0. The van der Waals surface area contributed by atoms with E-state index in [9.17, 15) is 9.59 Å². The van der Waals surface area contributed by atoms with Gasteiger partial charge in [-0.3, -0.25) is 4.79 Å². The monoisotopic (exact) mass is 617 g/mol. The number of para-hydroxylation sites is 1. The minimum absolute atomic E-state index is 0.0113. The number of hydrogen-bond acceptors (Lipinski definition) is 6. The Morgan fingerprint density at radius 3 is 2.50 bits per heavy atom. The largest absolute Gasteiger partial charge is 0.494 e. The number of ether oxygens (including phenoxy) is 2. The number of nitrogens with zero attached hydrogens (tertiary/aromatic N) is 4.